The highest BCUT2D eigenvalue weighted by molar-refractivity contribution is 7.80. The Morgan fingerprint density at radius 1 is 0.618 bits per heavy atom. The van der Waals surface area contributed by atoms with Crippen LogP contribution in [0, 0.1) is 13.8 Å². The van der Waals surface area contributed by atoms with Crippen LogP contribution in [-0.2, 0) is 25.5 Å². The van der Waals surface area contributed by atoms with Gasteiger partial charge in [-0.3, -0.25) is 0 Å². The van der Waals surface area contributed by atoms with Crippen molar-refractivity contribution in [2.75, 3.05) is 14.2 Å². The molecule has 34 heavy (non-hydrogen) atoms. The zero-order valence-corrected chi connectivity index (χ0v) is 21.9. The molecule has 4 rings (SSSR count). The van der Waals surface area contributed by atoms with E-state index in [0.717, 1.165) is 34.1 Å². The molecule has 4 aromatic rings. The minimum absolute atomic E-state index is 0.879. The van der Waals surface area contributed by atoms with Crippen molar-refractivity contribution >= 4 is 25.3 Å². The van der Waals surface area contributed by atoms with Gasteiger partial charge in [0.15, 0.2) is 0 Å². The van der Waals surface area contributed by atoms with E-state index in [-0.39, 0.29) is 0 Å². The Morgan fingerprint density at radius 3 is 1.56 bits per heavy atom. The maximum atomic E-state index is 5.33. The Hall–Kier alpha value is -2.95. The fraction of sp³-hybridized carbons (Fsp3) is 0.200. The molecule has 2 nitrogen and oxygen atoms in total. The van der Waals surface area contributed by atoms with E-state index in [4.69, 9.17) is 22.1 Å². The molecule has 0 amide bonds. The highest BCUT2D eigenvalue weighted by Crippen LogP contribution is 2.21. The minimum atomic E-state index is 0.879. The second-order valence-corrected chi connectivity index (χ2v) is 9.21. The van der Waals surface area contributed by atoms with E-state index < -0.39 is 0 Å². The van der Waals surface area contributed by atoms with Crippen molar-refractivity contribution in [3.8, 4) is 11.5 Å². The first kappa shape index (κ1) is 25.7. The molecule has 176 valence electrons. The lowest BCUT2D eigenvalue weighted by molar-refractivity contribution is 0.414. The normalized spacial score (nSPS) is 10.3. The van der Waals surface area contributed by atoms with Crippen LogP contribution in [-0.4, -0.2) is 14.2 Å². The number of aryl methyl sites for hydroxylation is 2. The maximum Gasteiger partial charge on any atom is 0.118 e. The molecule has 0 fully saturated rings. The van der Waals surface area contributed by atoms with Gasteiger partial charge in [-0.1, -0.05) is 71.3 Å². The molecule has 4 heteroatoms. The van der Waals surface area contributed by atoms with Crippen molar-refractivity contribution in [2.24, 2.45) is 0 Å². The molecule has 0 aliphatic carbocycles. The SMILES string of the molecule is COc1ccc(Cc2cc(C)ccc2S)cc1.COc1ccc(Cc2cc(C)ccc2[S-])cc1. The molecule has 0 aromatic heterocycles. The van der Waals surface area contributed by atoms with E-state index in [2.05, 4.69) is 81.1 Å². The first-order valence-electron chi connectivity index (χ1n) is 11.2. The van der Waals surface area contributed by atoms with Gasteiger partial charge in [0.1, 0.15) is 11.5 Å². The smallest absolute Gasteiger partial charge is 0.118 e. The summed E-state index contributed by atoms with van der Waals surface area (Å²) in [6, 6.07) is 28.8. The van der Waals surface area contributed by atoms with Crippen LogP contribution in [0.25, 0.3) is 0 Å². The Morgan fingerprint density at radius 2 is 1.06 bits per heavy atom. The number of hydrogen-bond acceptors (Lipinski definition) is 4. The van der Waals surface area contributed by atoms with E-state index in [0.29, 0.717) is 0 Å². The van der Waals surface area contributed by atoms with Crippen molar-refractivity contribution in [1.29, 1.82) is 0 Å². The van der Waals surface area contributed by atoms with Crippen LogP contribution in [0.15, 0.2) is 94.7 Å². The second-order valence-electron chi connectivity index (χ2n) is 8.29. The van der Waals surface area contributed by atoms with Crippen LogP contribution in [0.4, 0.5) is 0 Å². The number of benzene rings is 4. The van der Waals surface area contributed by atoms with Crippen molar-refractivity contribution in [3.63, 3.8) is 0 Å². The Balaban J connectivity index is 0.000000191. The summed E-state index contributed by atoms with van der Waals surface area (Å²) in [6.07, 6.45) is 1.79. The average molecular weight is 488 g/mol. The zero-order chi connectivity index (χ0) is 24.5. The molecule has 0 saturated carbocycles. The number of thiol groups is 1. The summed E-state index contributed by atoms with van der Waals surface area (Å²) in [5, 5.41) is 0. The first-order valence-corrected chi connectivity index (χ1v) is 12.0. The van der Waals surface area contributed by atoms with E-state index in [1.54, 1.807) is 14.2 Å². The number of rotatable bonds is 6. The lowest BCUT2D eigenvalue weighted by Crippen LogP contribution is -1.92. The number of hydrogen-bond donors (Lipinski definition) is 1. The van der Waals surface area contributed by atoms with E-state index in [9.17, 15) is 0 Å². The molecule has 0 spiro atoms. The van der Waals surface area contributed by atoms with Crippen molar-refractivity contribution in [2.45, 2.75) is 36.5 Å². The van der Waals surface area contributed by atoms with Gasteiger partial charge in [0.25, 0.3) is 0 Å². The fourth-order valence-electron chi connectivity index (χ4n) is 3.63. The van der Waals surface area contributed by atoms with E-state index in [1.165, 1.54) is 33.4 Å². The van der Waals surface area contributed by atoms with Gasteiger partial charge in [0, 0.05) is 4.90 Å². The zero-order valence-electron chi connectivity index (χ0n) is 20.2. The fourth-order valence-corrected chi connectivity index (χ4v) is 4.05. The van der Waals surface area contributed by atoms with Gasteiger partial charge in [-0.2, -0.15) is 4.90 Å². The van der Waals surface area contributed by atoms with Crippen LogP contribution >= 0.6 is 12.6 Å². The molecule has 0 heterocycles. The molecule has 0 aliphatic heterocycles. The number of methoxy groups -OCH3 is 2. The molecule has 0 radical (unpaired) electrons. The van der Waals surface area contributed by atoms with Crippen LogP contribution in [0.1, 0.15) is 33.4 Å². The maximum absolute atomic E-state index is 5.33. The second kappa shape index (κ2) is 12.5. The van der Waals surface area contributed by atoms with Crippen LogP contribution in [0.3, 0.4) is 0 Å². The van der Waals surface area contributed by atoms with Gasteiger partial charge in [-0.15, -0.1) is 12.6 Å². The van der Waals surface area contributed by atoms with Gasteiger partial charge in [-0.05, 0) is 73.7 Å². The average Bonchev–Trinajstić information content (AvgIpc) is 2.85. The summed E-state index contributed by atoms with van der Waals surface area (Å²) in [7, 11) is 3.36. The standard InChI is InChI=1S/2C15H16OS/c2*1-11-3-8-15(17)13(9-11)10-12-4-6-14(16-2)7-5-12/h2*3-9,17H,10H2,1-2H3/p-1. The third-order valence-corrected chi connectivity index (χ3v) is 6.39. The molecule has 0 unspecified atom stereocenters. The molecule has 0 atom stereocenters. The van der Waals surface area contributed by atoms with Gasteiger partial charge in [0.05, 0.1) is 14.2 Å². The van der Waals surface area contributed by atoms with Gasteiger partial charge >= 0.3 is 0 Å². The molecule has 4 aromatic carbocycles. The van der Waals surface area contributed by atoms with Crippen LogP contribution < -0.4 is 9.47 Å². The Bertz CT molecular complexity index is 1100. The highest BCUT2D eigenvalue weighted by Gasteiger charge is 2.02. The Kier molecular flexibility index (Phi) is 9.43. The summed E-state index contributed by atoms with van der Waals surface area (Å²) < 4.78 is 10.3. The predicted molar refractivity (Wildman–Crippen MR) is 147 cm³/mol. The van der Waals surface area contributed by atoms with E-state index >= 15 is 0 Å². The van der Waals surface area contributed by atoms with Crippen LogP contribution in [0.2, 0.25) is 0 Å². The first-order chi connectivity index (χ1) is 16.4. The van der Waals surface area contributed by atoms with Crippen molar-refractivity contribution < 1.29 is 9.47 Å². The largest absolute Gasteiger partial charge is 0.779 e. The van der Waals surface area contributed by atoms with Gasteiger partial charge in [0.2, 0.25) is 0 Å². The highest BCUT2D eigenvalue weighted by atomic mass is 32.1. The molecule has 0 saturated heterocycles. The summed E-state index contributed by atoms with van der Waals surface area (Å²) in [5.74, 6) is 1.78. The lowest BCUT2D eigenvalue weighted by Gasteiger charge is -2.14. The molecular weight excluding hydrogens is 456 g/mol. The summed E-state index contributed by atoms with van der Waals surface area (Å²) >= 11 is 9.82. The quantitative estimate of drug-likeness (QED) is 0.226. The summed E-state index contributed by atoms with van der Waals surface area (Å²) in [6.45, 7) is 4.19. The molecule has 0 aliphatic rings. The monoisotopic (exact) mass is 487 g/mol. The number of ether oxygens (including phenoxy) is 2. The topological polar surface area (TPSA) is 18.5 Å². The molecule has 0 N–H and O–H groups in total. The minimum Gasteiger partial charge on any atom is -0.779 e. The van der Waals surface area contributed by atoms with Gasteiger partial charge < -0.3 is 22.1 Å². The summed E-state index contributed by atoms with van der Waals surface area (Å²) in [4.78, 5) is 1.98. The van der Waals surface area contributed by atoms with Gasteiger partial charge in [-0.25, -0.2) is 0 Å². The molecular formula is C30H31O2S2-. The predicted octanol–water partition coefficient (Wildman–Crippen LogP) is 7.38. The van der Waals surface area contributed by atoms with Crippen LogP contribution in [0.5, 0.6) is 11.5 Å². The van der Waals surface area contributed by atoms with Crippen molar-refractivity contribution in [3.05, 3.63) is 118 Å². The molecule has 0 bridgehead atoms. The van der Waals surface area contributed by atoms with Crippen molar-refractivity contribution in [1.82, 2.24) is 0 Å². The Labute approximate surface area is 214 Å². The summed E-state index contributed by atoms with van der Waals surface area (Å²) in [5.41, 5.74) is 7.52. The van der Waals surface area contributed by atoms with E-state index in [1.807, 2.05) is 30.3 Å². The lowest BCUT2D eigenvalue weighted by atomic mass is 10.0. The third kappa shape index (κ3) is 7.54. The third-order valence-electron chi connectivity index (χ3n) is 5.56.